The fourth-order valence-corrected chi connectivity index (χ4v) is 6.59. The van der Waals surface area contributed by atoms with Crippen LogP contribution in [-0.2, 0) is 19.6 Å². The number of hydrogen-bond acceptors (Lipinski definition) is 6. The van der Waals surface area contributed by atoms with E-state index in [9.17, 15) is 13.2 Å². The molecule has 3 aromatic carbocycles. The Balaban J connectivity index is 0.00000240. The van der Waals surface area contributed by atoms with Crippen LogP contribution >= 0.6 is 24.8 Å². The number of fused-ring (bicyclic) bond motifs is 1. The molecule has 1 aromatic heterocycles. The number of piperazine rings is 1. The van der Waals surface area contributed by atoms with Crippen molar-refractivity contribution < 1.29 is 22.6 Å². The Morgan fingerprint density at radius 1 is 0.826 bits per heavy atom. The Kier molecular flexibility index (Phi) is 12.3. The van der Waals surface area contributed by atoms with Crippen LogP contribution in [-0.4, -0.2) is 67.1 Å². The maximum atomic E-state index is 12.9. The van der Waals surface area contributed by atoms with E-state index in [1.165, 1.54) is 23.3 Å². The van der Waals surface area contributed by atoms with Crippen molar-refractivity contribution in [3.8, 4) is 22.6 Å². The zero-order chi connectivity index (χ0) is 30.7. The van der Waals surface area contributed by atoms with Crippen molar-refractivity contribution in [3.05, 3.63) is 83.6 Å². The monoisotopic (exact) mass is 679 g/mol. The van der Waals surface area contributed by atoms with E-state index >= 15 is 0 Å². The van der Waals surface area contributed by atoms with Crippen molar-refractivity contribution in [1.29, 1.82) is 0 Å². The number of nitrogens with one attached hydrogen (secondary N) is 1. The molecule has 3 heterocycles. The lowest BCUT2D eigenvalue weighted by Crippen LogP contribution is -2.45. The number of piperidine rings is 1. The zero-order valence-electron chi connectivity index (χ0n) is 25.9. The van der Waals surface area contributed by atoms with E-state index in [-0.39, 0.29) is 37.1 Å². The first kappa shape index (κ1) is 35.9. The smallest absolute Gasteiger partial charge is 0.497 e. The van der Waals surface area contributed by atoms with E-state index < -0.39 is 6.36 Å². The van der Waals surface area contributed by atoms with E-state index in [4.69, 9.17) is 10.5 Å². The Morgan fingerprint density at radius 2 is 1.50 bits per heavy atom. The van der Waals surface area contributed by atoms with Crippen LogP contribution in [0.5, 0.6) is 11.5 Å². The predicted molar refractivity (Wildman–Crippen MR) is 181 cm³/mol. The molecule has 0 unspecified atom stereocenters. The summed E-state index contributed by atoms with van der Waals surface area (Å²) in [6.45, 7) is 7.68. The molecule has 7 nitrogen and oxygen atoms in total. The largest absolute Gasteiger partial charge is 0.573 e. The number of alkyl halides is 3. The van der Waals surface area contributed by atoms with E-state index in [1.54, 1.807) is 13.2 Å². The van der Waals surface area contributed by atoms with Gasteiger partial charge in [-0.3, -0.25) is 9.80 Å². The van der Waals surface area contributed by atoms with Gasteiger partial charge in [0.1, 0.15) is 11.5 Å². The topological polar surface area (TPSA) is 67.9 Å². The third-order valence-corrected chi connectivity index (χ3v) is 8.83. The van der Waals surface area contributed by atoms with Gasteiger partial charge in [-0.25, -0.2) is 0 Å². The van der Waals surface area contributed by atoms with Gasteiger partial charge in [0.2, 0.25) is 0 Å². The molecule has 2 aliphatic rings. The molecule has 0 atom stereocenters. The SMILES string of the molecule is COc1cccc(CN2CCN(Cc3ccc4c(c3)c(-c3ccc(OC(F)(F)F)cc3CN)cn4C3CCNCC3)CC2)c1.Cl.Cl. The molecule has 2 saturated heterocycles. The lowest BCUT2D eigenvalue weighted by molar-refractivity contribution is -0.274. The summed E-state index contributed by atoms with van der Waals surface area (Å²) < 4.78 is 50.7. The van der Waals surface area contributed by atoms with Gasteiger partial charge < -0.3 is 25.1 Å². The van der Waals surface area contributed by atoms with Gasteiger partial charge in [-0.15, -0.1) is 38.0 Å². The third-order valence-electron chi connectivity index (χ3n) is 8.83. The van der Waals surface area contributed by atoms with E-state index in [0.29, 0.717) is 11.6 Å². The van der Waals surface area contributed by atoms with Gasteiger partial charge in [0.05, 0.1) is 7.11 Å². The summed E-state index contributed by atoms with van der Waals surface area (Å²) in [7, 11) is 1.70. The normalized spacial score (nSPS) is 16.5. The highest BCUT2D eigenvalue weighted by molar-refractivity contribution is 5.97. The van der Waals surface area contributed by atoms with Crippen LogP contribution in [0.1, 0.15) is 35.6 Å². The molecular formula is C34H42Cl2F3N5O2. The van der Waals surface area contributed by atoms with Crippen molar-refractivity contribution >= 4 is 35.7 Å². The molecule has 2 aliphatic heterocycles. The second-order valence-electron chi connectivity index (χ2n) is 11.8. The molecule has 2 fully saturated rings. The highest BCUT2D eigenvalue weighted by Crippen LogP contribution is 2.38. The summed E-state index contributed by atoms with van der Waals surface area (Å²) in [6.07, 6.45) is -0.547. The Hall–Kier alpha value is -2.99. The van der Waals surface area contributed by atoms with Crippen LogP contribution in [0.4, 0.5) is 13.2 Å². The average Bonchev–Trinajstić information content (AvgIpc) is 3.40. The lowest BCUT2D eigenvalue weighted by atomic mass is 9.98. The van der Waals surface area contributed by atoms with Crippen molar-refractivity contribution in [2.75, 3.05) is 46.4 Å². The molecular weight excluding hydrogens is 638 g/mol. The van der Waals surface area contributed by atoms with E-state index in [0.717, 1.165) is 93.0 Å². The van der Waals surface area contributed by atoms with Crippen molar-refractivity contribution in [2.24, 2.45) is 5.73 Å². The maximum Gasteiger partial charge on any atom is 0.573 e. The summed E-state index contributed by atoms with van der Waals surface area (Å²) >= 11 is 0. The first-order valence-electron chi connectivity index (χ1n) is 15.3. The lowest BCUT2D eigenvalue weighted by Gasteiger charge is -2.34. The van der Waals surface area contributed by atoms with Crippen LogP contribution in [0.2, 0.25) is 0 Å². The highest BCUT2D eigenvalue weighted by Gasteiger charge is 2.31. The molecule has 0 radical (unpaired) electrons. The van der Waals surface area contributed by atoms with E-state index in [1.807, 2.05) is 12.1 Å². The van der Waals surface area contributed by atoms with Gasteiger partial charge in [0.25, 0.3) is 0 Å². The standard InChI is InChI=1S/C34H40F3N5O2.2ClH/c1-43-28-4-2-3-24(17-28)21-40-13-15-41(16-14-40)22-25-5-8-33-31(18-25)32(23-42(33)27-9-11-39-12-10-27)30-7-6-29(19-26(30)20-38)44-34(35,36)37;;/h2-8,17-19,23,27,39H,9-16,20-22,38H2,1H3;2*1H. The number of ether oxygens (including phenoxy) is 2. The van der Waals surface area contributed by atoms with Crippen molar-refractivity contribution in [1.82, 2.24) is 19.7 Å². The summed E-state index contributed by atoms with van der Waals surface area (Å²) in [5.74, 6) is 0.629. The number of nitrogens with two attached hydrogens (primary N) is 1. The molecule has 4 aromatic rings. The minimum atomic E-state index is -4.76. The molecule has 3 N–H and O–H groups in total. The molecule has 0 spiro atoms. The third kappa shape index (κ3) is 8.48. The number of hydrogen-bond donors (Lipinski definition) is 2. The maximum absolute atomic E-state index is 12.9. The van der Waals surface area contributed by atoms with Crippen molar-refractivity contribution in [3.63, 3.8) is 0 Å². The van der Waals surface area contributed by atoms with Gasteiger partial charge in [-0.2, -0.15) is 0 Å². The molecule has 0 aliphatic carbocycles. The van der Waals surface area contributed by atoms with Crippen molar-refractivity contribution in [2.45, 2.75) is 44.9 Å². The Bertz CT molecular complexity index is 1590. The Morgan fingerprint density at radius 3 is 2.13 bits per heavy atom. The highest BCUT2D eigenvalue weighted by atomic mass is 35.5. The quantitative estimate of drug-likeness (QED) is 0.204. The molecule has 0 amide bonds. The molecule has 6 rings (SSSR count). The molecule has 46 heavy (non-hydrogen) atoms. The molecule has 0 bridgehead atoms. The number of methoxy groups -OCH3 is 1. The molecule has 12 heteroatoms. The van der Waals surface area contributed by atoms with Crippen LogP contribution in [0.15, 0.2) is 66.9 Å². The predicted octanol–water partition coefficient (Wildman–Crippen LogP) is 6.76. The van der Waals surface area contributed by atoms with Crippen LogP contribution < -0.4 is 20.5 Å². The van der Waals surface area contributed by atoms with Gasteiger partial charge in [-0.05, 0) is 84.6 Å². The van der Waals surface area contributed by atoms with Crippen LogP contribution in [0, 0.1) is 0 Å². The zero-order valence-corrected chi connectivity index (χ0v) is 27.5. The average molecular weight is 681 g/mol. The minimum Gasteiger partial charge on any atom is -0.497 e. The fourth-order valence-electron chi connectivity index (χ4n) is 6.59. The first-order valence-corrected chi connectivity index (χ1v) is 15.3. The number of benzene rings is 3. The second-order valence-corrected chi connectivity index (χ2v) is 11.8. The molecule has 250 valence electrons. The number of rotatable bonds is 9. The summed E-state index contributed by atoms with van der Waals surface area (Å²) in [5, 5.41) is 4.53. The van der Waals surface area contributed by atoms with E-state index in [2.05, 4.69) is 60.9 Å². The van der Waals surface area contributed by atoms with Gasteiger partial charge in [0, 0.05) is 74.5 Å². The minimum absolute atomic E-state index is 0. The summed E-state index contributed by atoms with van der Waals surface area (Å²) in [4.78, 5) is 4.97. The van der Waals surface area contributed by atoms with Gasteiger partial charge >= 0.3 is 6.36 Å². The number of aromatic nitrogens is 1. The first-order chi connectivity index (χ1) is 21.3. The number of nitrogens with zero attached hydrogens (tertiary/aromatic N) is 3. The fraction of sp³-hybridized carbons (Fsp3) is 0.412. The number of halogens is 5. The second kappa shape index (κ2) is 15.7. The van der Waals surface area contributed by atoms with Gasteiger partial charge in [-0.1, -0.05) is 24.3 Å². The Labute approximate surface area is 280 Å². The van der Waals surface area contributed by atoms with Gasteiger partial charge in [0.15, 0.2) is 0 Å². The van der Waals surface area contributed by atoms with Crippen LogP contribution in [0.3, 0.4) is 0 Å². The molecule has 0 saturated carbocycles. The summed E-state index contributed by atoms with van der Waals surface area (Å²) in [5.41, 5.74) is 12.1. The van der Waals surface area contributed by atoms with Crippen LogP contribution in [0.25, 0.3) is 22.0 Å². The summed E-state index contributed by atoms with van der Waals surface area (Å²) in [6, 6.07) is 19.8.